The molecule has 3 nitrogen and oxygen atoms in total. The summed E-state index contributed by atoms with van der Waals surface area (Å²) in [4.78, 5) is 7.49. The van der Waals surface area contributed by atoms with Gasteiger partial charge in [-0.25, -0.2) is 0 Å². The predicted octanol–water partition coefficient (Wildman–Crippen LogP) is 6.71. The number of hydrogen-bond acceptors (Lipinski definition) is 2. The summed E-state index contributed by atoms with van der Waals surface area (Å²) < 4.78 is 0. The summed E-state index contributed by atoms with van der Waals surface area (Å²) in [5.74, 6) is 0. The topological polar surface area (TPSA) is 28.2 Å². The van der Waals surface area contributed by atoms with Crippen molar-refractivity contribution in [3.05, 3.63) is 94.3 Å². The number of nitrogens with zero attached hydrogens (tertiary/aromatic N) is 2. The molecule has 1 aromatic heterocycles. The number of rotatable bonds is 9. The van der Waals surface area contributed by atoms with Crippen molar-refractivity contribution in [3.63, 3.8) is 0 Å². The summed E-state index contributed by atoms with van der Waals surface area (Å²) in [6, 6.07) is 21.6. The molecule has 2 aliphatic carbocycles. The largest absolute Gasteiger partial charge is 0.349 e. The fraction of sp³-hybridized carbons (Fsp3) is 0.419. The zero-order chi connectivity index (χ0) is 23.9. The Balaban J connectivity index is 1.29. The Hall–Kier alpha value is -2.72. The molecule has 0 radical (unpaired) electrons. The van der Waals surface area contributed by atoms with Crippen LogP contribution in [0.3, 0.4) is 0 Å². The number of benzene rings is 2. The van der Waals surface area contributed by atoms with Gasteiger partial charge in [-0.2, -0.15) is 0 Å². The van der Waals surface area contributed by atoms with E-state index in [0.717, 1.165) is 69.6 Å². The van der Waals surface area contributed by atoms with Crippen LogP contribution in [0.5, 0.6) is 0 Å². The van der Waals surface area contributed by atoms with E-state index < -0.39 is 0 Å². The van der Waals surface area contributed by atoms with Gasteiger partial charge in [0.1, 0.15) is 0 Å². The maximum atomic E-state index is 6.09. The first kappa shape index (κ1) is 24.0. The van der Waals surface area contributed by atoms with Crippen LogP contribution in [0, 0.1) is 0 Å². The molecule has 2 aliphatic rings. The summed E-state index contributed by atoms with van der Waals surface area (Å²) >= 11 is 6.09. The molecule has 182 valence electrons. The van der Waals surface area contributed by atoms with E-state index in [4.69, 9.17) is 17.2 Å². The zero-order valence-electron chi connectivity index (χ0n) is 20.8. The molecule has 4 heteroatoms. The second-order valence-corrected chi connectivity index (χ2v) is 10.4. The number of pyridine rings is 1. The van der Waals surface area contributed by atoms with Crippen molar-refractivity contribution in [2.24, 2.45) is 0 Å². The van der Waals surface area contributed by atoms with Crippen LogP contribution in [0.15, 0.2) is 60.7 Å². The average molecular weight is 484 g/mol. The van der Waals surface area contributed by atoms with Crippen molar-refractivity contribution >= 4 is 23.0 Å². The Labute approximate surface area is 216 Å². The van der Waals surface area contributed by atoms with E-state index in [2.05, 4.69) is 70.9 Å². The van der Waals surface area contributed by atoms with Crippen LogP contribution < -0.4 is 5.32 Å². The van der Waals surface area contributed by atoms with Gasteiger partial charge in [0.15, 0.2) is 5.11 Å². The fourth-order valence-corrected chi connectivity index (χ4v) is 5.92. The molecule has 0 bridgehead atoms. The number of anilines is 1. The first-order valence-corrected chi connectivity index (χ1v) is 13.9. The molecular weight excluding hydrogens is 446 g/mol. The Morgan fingerprint density at radius 2 is 1.23 bits per heavy atom. The maximum absolute atomic E-state index is 6.09. The monoisotopic (exact) mass is 483 g/mol. The van der Waals surface area contributed by atoms with Gasteiger partial charge in [0.2, 0.25) is 0 Å². The van der Waals surface area contributed by atoms with Crippen LogP contribution >= 0.6 is 12.2 Å². The number of thiocarbonyl (C=S) groups is 1. The van der Waals surface area contributed by atoms with Crippen LogP contribution in [-0.4, -0.2) is 28.1 Å². The third-order valence-electron chi connectivity index (χ3n) is 7.49. The quantitative estimate of drug-likeness (QED) is 0.342. The van der Waals surface area contributed by atoms with Gasteiger partial charge in [0, 0.05) is 24.5 Å². The standard InChI is InChI=1S/C31H37N3S/c35-31(33-30-26-18-7-8-20-28(26)32-29-21-9-19-27(29)30)34(22-10-16-24-12-3-1-4-13-24)23-11-17-25-14-5-2-6-15-25/h1-6,12-15H,7-11,16-23H2,(H,32,33,35). The molecule has 0 unspecified atom stereocenters. The van der Waals surface area contributed by atoms with Crippen molar-refractivity contribution in [3.8, 4) is 0 Å². The number of nitrogens with one attached hydrogen (secondary N) is 1. The van der Waals surface area contributed by atoms with Crippen LogP contribution in [0.2, 0.25) is 0 Å². The Morgan fingerprint density at radius 1 is 0.714 bits per heavy atom. The van der Waals surface area contributed by atoms with Gasteiger partial charge in [-0.15, -0.1) is 0 Å². The van der Waals surface area contributed by atoms with Gasteiger partial charge in [0.05, 0.1) is 5.69 Å². The zero-order valence-corrected chi connectivity index (χ0v) is 21.6. The third kappa shape index (κ3) is 6.10. The molecule has 5 rings (SSSR count). The number of fused-ring (bicyclic) bond motifs is 2. The lowest BCUT2D eigenvalue weighted by Gasteiger charge is -2.29. The summed E-state index contributed by atoms with van der Waals surface area (Å²) in [6.07, 6.45) is 12.6. The normalized spacial score (nSPS) is 14.3. The van der Waals surface area contributed by atoms with E-state index >= 15 is 0 Å². The van der Waals surface area contributed by atoms with Gasteiger partial charge >= 0.3 is 0 Å². The van der Waals surface area contributed by atoms with E-state index in [1.54, 1.807) is 0 Å². The molecule has 3 aromatic rings. The first-order chi connectivity index (χ1) is 17.3. The smallest absolute Gasteiger partial charge is 0.173 e. The minimum absolute atomic E-state index is 0.888. The average Bonchev–Trinajstić information content (AvgIpc) is 3.37. The van der Waals surface area contributed by atoms with E-state index in [1.807, 2.05) is 0 Å². The van der Waals surface area contributed by atoms with E-state index in [0.29, 0.717) is 0 Å². The number of aryl methyl sites for hydroxylation is 4. The lowest BCUT2D eigenvalue weighted by molar-refractivity contribution is 0.407. The molecule has 0 saturated carbocycles. The molecule has 0 fully saturated rings. The molecule has 1 heterocycles. The van der Waals surface area contributed by atoms with Gasteiger partial charge in [-0.3, -0.25) is 4.98 Å². The summed E-state index contributed by atoms with van der Waals surface area (Å²) in [6.45, 7) is 1.95. The molecule has 2 aromatic carbocycles. The van der Waals surface area contributed by atoms with Crippen LogP contribution in [-0.2, 0) is 38.5 Å². The second kappa shape index (κ2) is 11.8. The maximum Gasteiger partial charge on any atom is 0.173 e. The Kier molecular flexibility index (Phi) is 8.10. The van der Waals surface area contributed by atoms with Crippen molar-refractivity contribution in [2.75, 3.05) is 18.4 Å². The number of aromatic nitrogens is 1. The van der Waals surface area contributed by atoms with Crippen LogP contribution in [0.25, 0.3) is 0 Å². The Bertz CT molecular complexity index is 1080. The lowest BCUT2D eigenvalue weighted by atomic mass is 9.92. The fourth-order valence-electron chi connectivity index (χ4n) is 5.64. The molecule has 1 N–H and O–H groups in total. The van der Waals surface area contributed by atoms with E-state index in [1.165, 1.54) is 58.6 Å². The van der Waals surface area contributed by atoms with Gasteiger partial charge < -0.3 is 10.2 Å². The molecule has 0 spiro atoms. The van der Waals surface area contributed by atoms with Gasteiger partial charge in [0.25, 0.3) is 0 Å². The highest BCUT2D eigenvalue weighted by atomic mass is 32.1. The highest BCUT2D eigenvalue weighted by molar-refractivity contribution is 7.80. The summed E-state index contributed by atoms with van der Waals surface area (Å²) in [5.41, 5.74) is 9.61. The molecule has 0 atom stereocenters. The van der Waals surface area contributed by atoms with Crippen molar-refractivity contribution in [1.29, 1.82) is 0 Å². The second-order valence-electron chi connectivity index (χ2n) is 9.99. The van der Waals surface area contributed by atoms with Gasteiger partial charge in [-0.1, -0.05) is 60.7 Å². The molecule has 0 aliphatic heterocycles. The van der Waals surface area contributed by atoms with Gasteiger partial charge in [-0.05, 0) is 105 Å². The molecule has 0 amide bonds. The van der Waals surface area contributed by atoms with E-state index in [9.17, 15) is 0 Å². The molecular formula is C31H37N3S. The van der Waals surface area contributed by atoms with Crippen molar-refractivity contribution in [1.82, 2.24) is 9.88 Å². The van der Waals surface area contributed by atoms with Crippen molar-refractivity contribution in [2.45, 2.75) is 70.6 Å². The predicted molar refractivity (Wildman–Crippen MR) is 150 cm³/mol. The first-order valence-electron chi connectivity index (χ1n) is 13.5. The summed E-state index contributed by atoms with van der Waals surface area (Å²) in [5, 5.41) is 4.67. The minimum atomic E-state index is 0.888. The minimum Gasteiger partial charge on any atom is -0.349 e. The van der Waals surface area contributed by atoms with E-state index in [-0.39, 0.29) is 0 Å². The number of hydrogen-bond donors (Lipinski definition) is 1. The summed E-state index contributed by atoms with van der Waals surface area (Å²) in [7, 11) is 0. The highest BCUT2D eigenvalue weighted by Gasteiger charge is 2.25. The molecule has 35 heavy (non-hydrogen) atoms. The van der Waals surface area contributed by atoms with Crippen LogP contribution in [0.1, 0.15) is 65.7 Å². The Morgan fingerprint density at radius 3 is 1.83 bits per heavy atom. The highest BCUT2D eigenvalue weighted by Crippen LogP contribution is 2.36. The SMILES string of the molecule is S=C(Nc1c2c(nc3c1CCC3)CCCC2)N(CCCc1ccccc1)CCCc1ccccc1. The van der Waals surface area contributed by atoms with Crippen LogP contribution in [0.4, 0.5) is 5.69 Å². The molecule has 0 saturated heterocycles. The lowest BCUT2D eigenvalue weighted by Crippen LogP contribution is -2.37. The third-order valence-corrected chi connectivity index (χ3v) is 7.85. The van der Waals surface area contributed by atoms with Crippen molar-refractivity contribution < 1.29 is 0 Å².